The van der Waals surface area contributed by atoms with Crippen molar-refractivity contribution >= 4 is 23.2 Å². The minimum absolute atomic E-state index is 0.313. The molecule has 1 saturated carbocycles. The lowest BCUT2D eigenvalue weighted by Gasteiger charge is -2.22. The third kappa shape index (κ3) is 2.85. The lowest BCUT2D eigenvalue weighted by Crippen LogP contribution is -2.15. The Balaban J connectivity index is 1.75. The third-order valence-electron chi connectivity index (χ3n) is 3.64. The van der Waals surface area contributed by atoms with E-state index in [4.69, 9.17) is 0 Å². The summed E-state index contributed by atoms with van der Waals surface area (Å²) in [5, 5.41) is 2.09. The normalized spacial score (nSPS) is 21.8. The third-order valence-corrected chi connectivity index (χ3v) is 4.67. The highest BCUT2D eigenvalue weighted by Gasteiger charge is 2.25. The van der Waals surface area contributed by atoms with Crippen molar-refractivity contribution in [2.75, 3.05) is 0 Å². The maximum atomic E-state index is 12.2. The van der Waals surface area contributed by atoms with Crippen LogP contribution in [0, 0.1) is 0 Å². The van der Waals surface area contributed by atoms with E-state index in [2.05, 4.69) is 17.5 Å². The fourth-order valence-electron chi connectivity index (χ4n) is 2.60. The van der Waals surface area contributed by atoms with Crippen molar-refractivity contribution in [1.29, 1.82) is 0 Å². The molecule has 0 bridgehead atoms. The van der Waals surface area contributed by atoms with Crippen molar-refractivity contribution in [2.45, 2.75) is 25.2 Å². The molecule has 2 aromatic rings. The van der Waals surface area contributed by atoms with Crippen molar-refractivity contribution in [3.05, 3.63) is 63.9 Å². The molecule has 3 rings (SSSR count). The maximum Gasteiger partial charge on any atom is 0.159 e. The van der Waals surface area contributed by atoms with Crippen LogP contribution in [0.4, 0.5) is 0 Å². The highest BCUT2D eigenvalue weighted by Crippen LogP contribution is 2.36. The van der Waals surface area contributed by atoms with E-state index in [9.17, 15) is 4.79 Å². The number of carbonyl (C=O) groups excluding carboxylic acids is 1. The van der Waals surface area contributed by atoms with Crippen LogP contribution in [0.15, 0.2) is 53.4 Å². The molecule has 96 valence electrons. The highest BCUT2D eigenvalue weighted by molar-refractivity contribution is 7.10. The summed E-state index contributed by atoms with van der Waals surface area (Å²) < 4.78 is 0. The first-order valence-electron chi connectivity index (χ1n) is 6.65. The SMILES string of the molecule is O=C1CC(c2cccs2)CC/C1=C/c1ccccc1. The van der Waals surface area contributed by atoms with Crippen LogP contribution >= 0.6 is 11.3 Å². The fourth-order valence-corrected chi connectivity index (χ4v) is 3.46. The molecule has 0 saturated heterocycles. The molecule has 0 radical (unpaired) electrons. The Hall–Kier alpha value is -1.67. The van der Waals surface area contributed by atoms with Crippen molar-refractivity contribution < 1.29 is 4.79 Å². The Kier molecular flexibility index (Phi) is 3.60. The van der Waals surface area contributed by atoms with E-state index < -0.39 is 0 Å². The molecule has 1 heterocycles. The van der Waals surface area contributed by atoms with Gasteiger partial charge in [-0.05, 0) is 41.5 Å². The minimum Gasteiger partial charge on any atom is -0.295 e. The van der Waals surface area contributed by atoms with Crippen LogP contribution in [0.3, 0.4) is 0 Å². The van der Waals surface area contributed by atoms with Gasteiger partial charge in [-0.3, -0.25) is 4.79 Å². The van der Waals surface area contributed by atoms with E-state index in [-0.39, 0.29) is 0 Å². The van der Waals surface area contributed by atoms with Gasteiger partial charge in [0.05, 0.1) is 0 Å². The number of allylic oxidation sites excluding steroid dienone is 1. The molecule has 1 fully saturated rings. The molecule has 1 unspecified atom stereocenters. The van der Waals surface area contributed by atoms with E-state index in [0.717, 1.165) is 24.0 Å². The highest BCUT2D eigenvalue weighted by atomic mass is 32.1. The van der Waals surface area contributed by atoms with Gasteiger partial charge in [0, 0.05) is 17.2 Å². The predicted octanol–water partition coefficient (Wildman–Crippen LogP) is 4.67. The molecule has 19 heavy (non-hydrogen) atoms. The molecule has 0 spiro atoms. The Labute approximate surface area is 117 Å². The Morgan fingerprint density at radius 1 is 1.11 bits per heavy atom. The standard InChI is InChI=1S/C17H16OS/c18-16-12-15(17-7-4-10-19-17)9-8-14(16)11-13-5-2-1-3-6-13/h1-7,10-11,15H,8-9,12H2/b14-11-. The van der Waals surface area contributed by atoms with E-state index in [1.54, 1.807) is 11.3 Å². The van der Waals surface area contributed by atoms with Gasteiger partial charge in [-0.25, -0.2) is 0 Å². The molecular weight excluding hydrogens is 252 g/mol. The second-order valence-corrected chi connectivity index (χ2v) is 5.94. The van der Waals surface area contributed by atoms with Crippen LogP contribution < -0.4 is 0 Å². The molecule has 0 amide bonds. The lowest BCUT2D eigenvalue weighted by atomic mass is 9.83. The molecule has 1 aliphatic carbocycles. The number of hydrogen-bond donors (Lipinski definition) is 0. The van der Waals surface area contributed by atoms with Crippen molar-refractivity contribution in [3.63, 3.8) is 0 Å². The van der Waals surface area contributed by atoms with Gasteiger partial charge < -0.3 is 0 Å². The van der Waals surface area contributed by atoms with Gasteiger partial charge in [-0.1, -0.05) is 36.4 Å². The summed E-state index contributed by atoms with van der Waals surface area (Å²) in [5.41, 5.74) is 2.11. The van der Waals surface area contributed by atoms with Crippen LogP contribution in [0.25, 0.3) is 6.08 Å². The quantitative estimate of drug-likeness (QED) is 0.723. The zero-order valence-corrected chi connectivity index (χ0v) is 11.5. The molecule has 0 aliphatic heterocycles. The van der Waals surface area contributed by atoms with Gasteiger partial charge in [0.2, 0.25) is 0 Å². The van der Waals surface area contributed by atoms with Gasteiger partial charge in [0.25, 0.3) is 0 Å². The van der Waals surface area contributed by atoms with Gasteiger partial charge in [0.15, 0.2) is 5.78 Å². The van der Waals surface area contributed by atoms with Gasteiger partial charge in [-0.15, -0.1) is 11.3 Å². The monoisotopic (exact) mass is 268 g/mol. The van der Waals surface area contributed by atoms with Crippen molar-refractivity contribution in [2.24, 2.45) is 0 Å². The molecule has 2 heteroatoms. The van der Waals surface area contributed by atoms with Gasteiger partial charge in [0.1, 0.15) is 0 Å². The average molecular weight is 268 g/mol. The van der Waals surface area contributed by atoms with Crippen LogP contribution in [0.1, 0.15) is 35.6 Å². The molecule has 1 aromatic carbocycles. The number of benzene rings is 1. The van der Waals surface area contributed by atoms with Crippen LogP contribution in [-0.4, -0.2) is 5.78 Å². The molecule has 1 aromatic heterocycles. The number of Topliss-reactive ketones (excluding diaryl/α,β-unsaturated/α-hetero) is 1. The maximum absolute atomic E-state index is 12.2. The Morgan fingerprint density at radius 2 is 1.95 bits per heavy atom. The molecule has 1 atom stereocenters. The van der Waals surface area contributed by atoms with Crippen molar-refractivity contribution in [1.82, 2.24) is 0 Å². The first kappa shape index (κ1) is 12.4. The summed E-state index contributed by atoms with van der Waals surface area (Å²) in [7, 11) is 0. The Morgan fingerprint density at radius 3 is 2.63 bits per heavy atom. The van der Waals surface area contributed by atoms with E-state index in [1.807, 2.05) is 36.4 Å². The topological polar surface area (TPSA) is 17.1 Å². The van der Waals surface area contributed by atoms with Crippen LogP contribution in [0.2, 0.25) is 0 Å². The summed E-state index contributed by atoms with van der Waals surface area (Å²) in [6.07, 6.45) is 4.70. The predicted molar refractivity (Wildman–Crippen MR) is 80.3 cm³/mol. The van der Waals surface area contributed by atoms with Gasteiger partial charge >= 0.3 is 0 Å². The number of ketones is 1. The summed E-state index contributed by atoms with van der Waals surface area (Å²) in [6.45, 7) is 0. The lowest BCUT2D eigenvalue weighted by molar-refractivity contribution is -0.116. The first-order chi connectivity index (χ1) is 9.33. The molecular formula is C17H16OS. The molecule has 1 aliphatic rings. The minimum atomic E-state index is 0.313. The fraction of sp³-hybridized carbons (Fsp3) is 0.235. The Bertz CT molecular complexity index is 581. The van der Waals surface area contributed by atoms with E-state index in [0.29, 0.717) is 18.1 Å². The smallest absolute Gasteiger partial charge is 0.159 e. The second kappa shape index (κ2) is 5.54. The van der Waals surface area contributed by atoms with Crippen LogP contribution in [0.5, 0.6) is 0 Å². The summed E-state index contributed by atoms with van der Waals surface area (Å²) in [5.74, 6) is 0.744. The molecule has 1 nitrogen and oxygen atoms in total. The van der Waals surface area contributed by atoms with Gasteiger partial charge in [-0.2, -0.15) is 0 Å². The zero-order chi connectivity index (χ0) is 13.1. The van der Waals surface area contributed by atoms with E-state index >= 15 is 0 Å². The summed E-state index contributed by atoms with van der Waals surface area (Å²) in [6, 6.07) is 14.3. The second-order valence-electron chi connectivity index (χ2n) is 4.96. The number of rotatable bonds is 2. The number of hydrogen-bond acceptors (Lipinski definition) is 2. The number of carbonyl (C=O) groups is 1. The molecule has 0 N–H and O–H groups in total. The average Bonchev–Trinajstić information content (AvgIpc) is 2.96. The van der Waals surface area contributed by atoms with Crippen LogP contribution in [-0.2, 0) is 4.79 Å². The largest absolute Gasteiger partial charge is 0.295 e. The number of thiophene rings is 1. The zero-order valence-electron chi connectivity index (χ0n) is 10.7. The van der Waals surface area contributed by atoms with E-state index in [1.165, 1.54) is 4.88 Å². The first-order valence-corrected chi connectivity index (χ1v) is 7.53. The summed E-state index contributed by atoms with van der Waals surface area (Å²) >= 11 is 1.77. The van der Waals surface area contributed by atoms with Crippen molar-refractivity contribution in [3.8, 4) is 0 Å². The summed E-state index contributed by atoms with van der Waals surface area (Å²) in [4.78, 5) is 13.6.